The molecule has 1 heterocycles. The minimum Gasteiger partial charge on any atom is -0.496 e. The standard InChI is InChI=1S/C18H15ClN2O4/c1-10-3-6-14-11(7-10)8-16(25-14)18(23)21-20-17(22)13-5-4-12(19)9-15(13)24-2/h3-9H,1-2H3,(H,20,22)(H,21,23). The molecule has 1 aromatic heterocycles. The lowest BCUT2D eigenvalue weighted by molar-refractivity contribution is 0.0830. The first-order chi connectivity index (χ1) is 12.0. The Balaban J connectivity index is 1.72. The summed E-state index contributed by atoms with van der Waals surface area (Å²) in [5, 5.41) is 1.26. The van der Waals surface area contributed by atoms with Gasteiger partial charge in [-0.1, -0.05) is 23.2 Å². The second kappa shape index (κ2) is 6.86. The van der Waals surface area contributed by atoms with E-state index in [0.29, 0.717) is 16.4 Å². The molecule has 3 aromatic rings. The Morgan fingerprint density at radius 1 is 1.04 bits per heavy atom. The highest BCUT2D eigenvalue weighted by molar-refractivity contribution is 6.30. The number of methoxy groups -OCH3 is 1. The van der Waals surface area contributed by atoms with Crippen LogP contribution >= 0.6 is 11.6 Å². The van der Waals surface area contributed by atoms with Crippen LogP contribution in [-0.2, 0) is 0 Å². The van der Waals surface area contributed by atoms with Crippen LogP contribution in [0.15, 0.2) is 46.9 Å². The zero-order chi connectivity index (χ0) is 18.0. The van der Waals surface area contributed by atoms with E-state index in [-0.39, 0.29) is 11.3 Å². The van der Waals surface area contributed by atoms with Crippen LogP contribution in [0.5, 0.6) is 5.75 Å². The predicted molar refractivity (Wildman–Crippen MR) is 93.9 cm³/mol. The summed E-state index contributed by atoms with van der Waals surface area (Å²) in [6.45, 7) is 1.95. The molecule has 25 heavy (non-hydrogen) atoms. The number of carbonyl (C=O) groups is 2. The van der Waals surface area contributed by atoms with Crippen molar-refractivity contribution >= 4 is 34.4 Å². The number of amides is 2. The van der Waals surface area contributed by atoms with Crippen molar-refractivity contribution in [1.29, 1.82) is 0 Å². The maximum Gasteiger partial charge on any atom is 0.305 e. The van der Waals surface area contributed by atoms with Gasteiger partial charge in [-0.3, -0.25) is 20.4 Å². The topological polar surface area (TPSA) is 80.6 Å². The smallest absolute Gasteiger partial charge is 0.305 e. The molecule has 2 N–H and O–H groups in total. The third kappa shape index (κ3) is 3.59. The maximum atomic E-state index is 12.2. The van der Waals surface area contributed by atoms with Gasteiger partial charge in [0, 0.05) is 10.4 Å². The predicted octanol–water partition coefficient (Wildman–Crippen LogP) is 3.48. The van der Waals surface area contributed by atoms with E-state index in [0.717, 1.165) is 10.9 Å². The lowest BCUT2D eigenvalue weighted by Crippen LogP contribution is -2.41. The van der Waals surface area contributed by atoms with Crippen molar-refractivity contribution in [2.45, 2.75) is 6.92 Å². The van der Waals surface area contributed by atoms with Crippen molar-refractivity contribution < 1.29 is 18.7 Å². The fraction of sp³-hybridized carbons (Fsp3) is 0.111. The van der Waals surface area contributed by atoms with E-state index in [2.05, 4.69) is 10.9 Å². The van der Waals surface area contributed by atoms with Crippen LogP contribution in [0.1, 0.15) is 26.5 Å². The number of hydrazine groups is 1. The van der Waals surface area contributed by atoms with E-state index in [1.807, 2.05) is 19.1 Å². The lowest BCUT2D eigenvalue weighted by atomic mass is 10.2. The van der Waals surface area contributed by atoms with Crippen molar-refractivity contribution in [3.63, 3.8) is 0 Å². The number of halogens is 1. The Morgan fingerprint density at radius 2 is 1.80 bits per heavy atom. The molecule has 7 heteroatoms. The molecule has 0 bridgehead atoms. The molecule has 2 amide bonds. The molecule has 2 aromatic carbocycles. The minimum atomic E-state index is -0.560. The van der Waals surface area contributed by atoms with Crippen molar-refractivity contribution in [3.8, 4) is 5.75 Å². The number of hydrogen-bond donors (Lipinski definition) is 2. The Labute approximate surface area is 148 Å². The monoisotopic (exact) mass is 358 g/mol. The van der Waals surface area contributed by atoms with Crippen LogP contribution in [0.4, 0.5) is 0 Å². The van der Waals surface area contributed by atoms with Gasteiger partial charge in [0.25, 0.3) is 5.91 Å². The summed E-state index contributed by atoms with van der Waals surface area (Å²) in [5.74, 6) is -0.689. The lowest BCUT2D eigenvalue weighted by Gasteiger charge is -2.09. The van der Waals surface area contributed by atoms with E-state index in [1.54, 1.807) is 18.2 Å². The average molecular weight is 359 g/mol. The SMILES string of the molecule is COc1cc(Cl)ccc1C(=O)NNC(=O)c1cc2cc(C)ccc2o1. The van der Waals surface area contributed by atoms with Crippen LogP contribution in [-0.4, -0.2) is 18.9 Å². The highest BCUT2D eigenvalue weighted by atomic mass is 35.5. The fourth-order valence-electron chi connectivity index (χ4n) is 2.37. The highest BCUT2D eigenvalue weighted by Gasteiger charge is 2.16. The molecule has 6 nitrogen and oxygen atoms in total. The molecule has 0 fully saturated rings. The average Bonchev–Trinajstić information content (AvgIpc) is 3.02. The normalized spacial score (nSPS) is 10.5. The summed E-state index contributed by atoms with van der Waals surface area (Å²) in [7, 11) is 1.43. The molecule has 0 spiro atoms. The fourth-order valence-corrected chi connectivity index (χ4v) is 2.53. The molecular weight excluding hydrogens is 344 g/mol. The first-order valence-electron chi connectivity index (χ1n) is 7.42. The molecule has 0 aliphatic heterocycles. The molecule has 0 aliphatic carbocycles. The van der Waals surface area contributed by atoms with Crippen LogP contribution in [0.25, 0.3) is 11.0 Å². The van der Waals surface area contributed by atoms with Crippen molar-refractivity contribution in [2.24, 2.45) is 0 Å². The molecule has 128 valence electrons. The number of hydrogen-bond acceptors (Lipinski definition) is 4. The van der Waals surface area contributed by atoms with Gasteiger partial charge in [0.2, 0.25) is 0 Å². The number of benzene rings is 2. The first-order valence-corrected chi connectivity index (χ1v) is 7.80. The number of ether oxygens (including phenoxy) is 1. The largest absolute Gasteiger partial charge is 0.496 e. The third-order valence-electron chi connectivity index (χ3n) is 3.59. The molecular formula is C18H15ClN2O4. The third-order valence-corrected chi connectivity index (χ3v) is 3.83. The van der Waals surface area contributed by atoms with E-state index in [4.69, 9.17) is 20.8 Å². The number of nitrogens with one attached hydrogen (secondary N) is 2. The van der Waals surface area contributed by atoms with Gasteiger partial charge in [-0.05, 0) is 43.3 Å². The van der Waals surface area contributed by atoms with E-state index < -0.39 is 11.8 Å². The summed E-state index contributed by atoms with van der Waals surface area (Å²) in [6.07, 6.45) is 0. The Kier molecular flexibility index (Phi) is 4.63. The number of aryl methyl sites for hydroxylation is 1. The summed E-state index contributed by atoms with van der Waals surface area (Å²) < 4.78 is 10.6. The van der Waals surface area contributed by atoms with Gasteiger partial charge < -0.3 is 9.15 Å². The summed E-state index contributed by atoms with van der Waals surface area (Å²) in [6, 6.07) is 11.8. The molecule has 0 saturated carbocycles. The molecule has 0 aliphatic rings. The van der Waals surface area contributed by atoms with Crippen LogP contribution in [0, 0.1) is 6.92 Å². The van der Waals surface area contributed by atoms with Gasteiger partial charge in [-0.15, -0.1) is 0 Å². The van der Waals surface area contributed by atoms with Gasteiger partial charge in [0.1, 0.15) is 11.3 Å². The van der Waals surface area contributed by atoms with Gasteiger partial charge in [-0.25, -0.2) is 0 Å². The van der Waals surface area contributed by atoms with Gasteiger partial charge in [0.15, 0.2) is 5.76 Å². The van der Waals surface area contributed by atoms with Crippen molar-refractivity contribution in [1.82, 2.24) is 10.9 Å². The van der Waals surface area contributed by atoms with Crippen molar-refractivity contribution in [2.75, 3.05) is 7.11 Å². The summed E-state index contributed by atoms with van der Waals surface area (Å²) >= 11 is 5.86. The Hall–Kier alpha value is -2.99. The Bertz CT molecular complexity index is 965. The quantitative estimate of drug-likeness (QED) is 0.702. The molecule has 0 radical (unpaired) electrons. The van der Waals surface area contributed by atoms with Crippen molar-refractivity contribution in [3.05, 3.63) is 64.4 Å². The number of fused-ring (bicyclic) bond motifs is 1. The Morgan fingerprint density at radius 3 is 2.56 bits per heavy atom. The van der Waals surface area contributed by atoms with E-state index in [9.17, 15) is 9.59 Å². The van der Waals surface area contributed by atoms with Gasteiger partial charge in [-0.2, -0.15) is 0 Å². The zero-order valence-electron chi connectivity index (χ0n) is 13.6. The summed E-state index contributed by atoms with van der Waals surface area (Å²) in [5.41, 5.74) is 6.54. The maximum absolute atomic E-state index is 12.2. The second-order valence-corrected chi connectivity index (χ2v) is 5.84. The van der Waals surface area contributed by atoms with Crippen LogP contribution in [0.2, 0.25) is 5.02 Å². The van der Waals surface area contributed by atoms with E-state index in [1.165, 1.54) is 19.2 Å². The first kappa shape index (κ1) is 16.9. The second-order valence-electron chi connectivity index (χ2n) is 5.40. The van der Waals surface area contributed by atoms with E-state index >= 15 is 0 Å². The van der Waals surface area contributed by atoms with Crippen LogP contribution < -0.4 is 15.6 Å². The van der Waals surface area contributed by atoms with Gasteiger partial charge >= 0.3 is 5.91 Å². The summed E-state index contributed by atoms with van der Waals surface area (Å²) in [4.78, 5) is 24.4. The molecule has 3 rings (SSSR count). The number of carbonyl (C=O) groups excluding carboxylic acids is 2. The molecule has 0 unspecified atom stereocenters. The zero-order valence-corrected chi connectivity index (χ0v) is 14.3. The molecule has 0 atom stereocenters. The van der Waals surface area contributed by atoms with Crippen LogP contribution in [0.3, 0.4) is 0 Å². The highest BCUT2D eigenvalue weighted by Crippen LogP contribution is 2.23. The molecule has 0 saturated heterocycles. The van der Waals surface area contributed by atoms with Gasteiger partial charge in [0.05, 0.1) is 12.7 Å². The number of furan rings is 1. The number of rotatable bonds is 3. The minimum absolute atomic E-state index is 0.101.